The molecule has 1 aromatic rings. The van der Waals surface area contributed by atoms with Crippen LogP contribution in [0.25, 0.3) is 0 Å². The van der Waals surface area contributed by atoms with E-state index < -0.39 is 6.68 Å². The highest BCUT2D eigenvalue weighted by Gasteiger charge is 2.09. The highest BCUT2D eigenvalue weighted by atomic mass is 19.4. The van der Waals surface area contributed by atoms with E-state index in [4.69, 9.17) is 4.74 Å². The largest absolute Gasteiger partial charge is 0.469 e. The summed E-state index contributed by atoms with van der Waals surface area (Å²) < 4.78 is 34.2. The van der Waals surface area contributed by atoms with E-state index >= 15 is 0 Å². The van der Waals surface area contributed by atoms with Crippen molar-refractivity contribution in [2.24, 2.45) is 10.2 Å². The van der Waals surface area contributed by atoms with Gasteiger partial charge in [0.05, 0.1) is 6.20 Å². The first-order chi connectivity index (χ1) is 7.70. The number of ether oxygens (including phenoxy) is 1. The second kappa shape index (κ2) is 6.60. The fourth-order valence-corrected chi connectivity index (χ4v) is 1.03. The molecule has 1 aliphatic rings. The summed E-state index contributed by atoms with van der Waals surface area (Å²) in [6.45, 7) is -3.67. The van der Waals surface area contributed by atoms with Crippen LogP contribution in [0.3, 0.4) is 0 Å². The number of alkyl halides is 3. The van der Waals surface area contributed by atoms with E-state index in [9.17, 15) is 13.2 Å². The summed E-state index contributed by atoms with van der Waals surface area (Å²) in [5.41, 5.74) is 1.02. The summed E-state index contributed by atoms with van der Waals surface area (Å²) in [5.74, 6) is 0. The first kappa shape index (κ1) is 12.2. The second-order valence-electron chi connectivity index (χ2n) is 2.66. The van der Waals surface area contributed by atoms with Crippen LogP contribution in [0.2, 0.25) is 0 Å². The molecule has 0 saturated heterocycles. The predicted molar refractivity (Wildman–Crippen MR) is 51.4 cm³/mol. The van der Waals surface area contributed by atoms with Crippen LogP contribution in [-0.2, 0) is 4.74 Å². The molecule has 0 saturated carbocycles. The lowest BCUT2D eigenvalue weighted by Gasteiger charge is -2.12. The third-order valence-corrected chi connectivity index (χ3v) is 1.59. The monoisotopic (exact) mass is 230 g/mol. The Balaban J connectivity index is 0.000000280. The Kier molecular flexibility index (Phi) is 5.04. The fraction of sp³-hybridized carbons (Fsp3) is 0.200. The second-order valence-corrected chi connectivity index (χ2v) is 2.66. The molecule has 1 aromatic carbocycles. The molecule has 3 nitrogen and oxygen atoms in total. The normalized spacial score (nSPS) is 17.6. The van der Waals surface area contributed by atoms with Gasteiger partial charge >= 0.3 is 6.68 Å². The summed E-state index contributed by atoms with van der Waals surface area (Å²) in [6, 6.07) is 9.78. The highest BCUT2D eigenvalue weighted by molar-refractivity contribution is 5.17. The minimum atomic E-state index is -3.67. The fourth-order valence-electron chi connectivity index (χ4n) is 1.03. The lowest BCUT2D eigenvalue weighted by atomic mass is 10.2. The van der Waals surface area contributed by atoms with Crippen LogP contribution in [0.4, 0.5) is 13.2 Å². The molecular weight excluding hydrogens is 221 g/mol. The minimum Gasteiger partial charge on any atom is -0.469 e. The SMILES string of the molecule is C1=COC(c2ccccc2)N=N1.FC(F)F. The van der Waals surface area contributed by atoms with Crippen LogP contribution in [0.15, 0.2) is 53.0 Å². The number of halogens is 3. The van der Waals surface area contributed by atoms with E-state index in [0.717, 1.165) is 5.56 Å². The summed E-state index contributed by atoms with van der Waals surface area (Å²) in [6.07, 6.45) is 2.81. The van der Waals surface area contributed by atoms with Gasteiger partial charge in [-0.25, -0.2) is 0 Å². The topological polar surface area (TPSA) is 34.0 Å². The molecule has 86 valence electrons. The van der Waals surface area contributed by atoms with Gasteiger partial charge in [-0.3, -0.25) is 0 Å². The molecule has 6 heteroatoms. The van der Waals surface area contributed by atoms with Crippen LogP contribution < -0.4 is 0 Å². The highest BCUT2D eigenvalue weighted by Crippen LogP contribution is 2.21. The van der Waals surface area contributed by atoms with Crippen LogP contribution in [0.5, 0.6) is 0 Å². The van der Waals surface area contributed by atoms with Gasteiger partial charge in [0.2, 0.25) is 6.23 Å². The molecule has 0 aromatic heterocycles. The standard InChI is InChI=1S/C9H8N2O.CHF3/c1-2-4-8(5-3-1)9-11-10-6-7-12-9;2-1(3)4/h1-7,9H;1H. The Morgan fingerprint density at radius 1 is 1.12 bits per heavy atom. The van der Waals surface area contributed by atoms with Gasteiger partial charge in [-0.1, -0.05) is 30.3 Å². The summed E-state index contributed by atoms with van der Waals surface area (Å²) in [5, 5.41) is 7.67. The Morgan fingerprint density at radius 2 is 1.75 bits per heavy atom. The van der Waals surface area contributed by atoms with E-state index in [1.54, 1.807) is 6.26 Å². The first-order valence-corrected chi connectivity index (χ1v) is 4.38. The quantitative estimate of drug-likeness (QED) is 0.722. The van der Waals surface area contributed by atoms with Crippen molar-refractivity contribution in [1.29, 1.82) is 0 Å². The molecule has 1 unspecified atom stereocenters. The first-order valence-electron chi connectivity index (χ1n) is 4.38. The van der Waals surface area contributed by atoms with Gasteiger partial charge in [-0.2, -0.15) is 18.3 Å². The summed E-state index contributed by atoms with van der Waals surface area (Å²) in [7, 11) is 0. The molecule has 1 atom stereocenters. The summed E-state index contributed by atoms with van der Waals surface area (Å²) in [4.78, 5) is 0. The van der Waals surface area contributed by atoms with Crippen LogP contribution in [0, 0.1) is 0 Å². The van der Waals surface area contributed by atoms with Gasteiger partial charge in [-0.15, -0.1) is 5.11 Å². The molecule has 0 fully saturated rings. The van der Waals surface area contributed by atoms with E-state index in [0.29, 0.717) is 0 Å². The molecule has 0 radical (unpaired) electrons. The zero-order valence-corrected chi connectivity index (χ0v) is 8.13. The van der Waals surface area contributed by atoms with Gasteiger partial charge in [0.1, 0.15) is 6.26 Å². The molecular formula is C10H9F3N2O. The minimum absolute atomic E-state index is 0.267. The lowest BCUT2D eigenvalue weighted by Crippen LogP contribution is -1.97. The third kappa shape index (κ3) is 4.59. The van der Waals surface area contributed by atoms with E-state index in [-0.39, 0.29) is 6.23 Å². The van der Waals surface area contributed by atoms with Gasteiger partial charge in [0.25, 0.3) is 0 Å². The molecule has 0 aliphatic carbocycles. The van der Waals surface area contributed by atoms with Gasteiger partial charge in [0, 0.05) is 5.56 Å². The van der Waals surface area contributed by atoms with Gasteiger partial charge in [-0.05, 0) is 0 Å². The third-order valence-electron chi connectivity index (χ3n) is 1.59. The molecule has 0 amide bonds. The van der Waals surface area contributed by atoms with Crippen molar-refractivity contribution in [3.63, 3.8) is 0 Å². The molecule has 0 bridgehead atoms. The van der Waals surface area contributed by atoms with Crippen molar-refractivity contribution >= 4 is 0 Å². The maximum atomic E-state index is 9.67. The number of rotatable bonds is 1. The summed E-state index contributed by atoms with van der Waals surface area (Å²) >= 11 is 0. The Morgan fingerprint density at radius 3 is 2.25 bits per heavy atom. The molecule has 16 heavy (non-hydrogen) atoms. The number of azo groups is 1. The number of nitrogens with zero attached hydrogens (tertiary/aromatic N) is 2. The number of hydrogen-bond acceptors (Lipinski definition) is 3. The van der Waals surface area contributed by atoms with Crippen LogP contribution in [0.1, 0.15) is 11.8 Å². The smallest absolute Gasteiger partial charge is 0.379 e. The number of hydrogen-bond donors (Lipinski definition) is 0. The average molecular weight is 230 g/mol. The Bertz CT molecular complexity index is 352. The zero-order valence-electron chi connectivity index (χ0n) is 8.13. The van der Waals surface area contributed by atoms with Gasteiger partial charge < -0.3 is 4.74 Å². The molecule has 1 aliphatic heterocycles. The maximum absolute atomic E-state index is 9.67. The van der Waals surface area contributed by atoms with Crippen LogP contribution >= 0.6 is 0 Å². The lowest BCUT2D eigenvalue weighted by molar-refractivity contribution is 0.00819. The van der Waals surface area contributed by atoms with Crippen molar-refractivity contribution in [2.75, 3.05) is 0 Å². The average Bonchev–Trinajstić information content (AvgIpc) is 2.31. The molecule has 0 N–H and O–H groups in total. The van der Waals surface area contributed by atoms with E-state index in [1.807, 2.05) is 30.3 Å². The zero-order chi connectivity index (χ0) is 11.8. The van der Waals surface area contributed by atoms with Crippen molar-refractivity contribution in [2.45, 2.75) is 12.9 Å². The van der Waals surface area contributed by atoms with E-state index in [2.05, 4.69) is 10.2 Å². The van der Waals surface area contributed by atoms with Crippen LogP contribution in [-0.4, -0.2) is 6.68 Å². The Labute approximate surface area is 90.3 Å². The van der Waals surface area contributed by atoms with Crippen molar-refractivity contribution in [1.82, 2.24) is 0 Å². The predicted octanol–water partition coefficient (Wildman–Crippen LogP) is 3.82. The molecule has 0 spiro atoms. The Hall–Kier alpha value is -1.85. The van der Waals surface area contributed by atoms with Crippen molar-refractivity contribution < 1.29 is 17.9 Å². The van der Waals surface area contributed by atoms with Gasteiger partial charge in [0.15, 0.2) is 0 Å². The van der Waals surface area contributed by atoms with E-state index in [1.165, 1.54) is 6.20 Å². The number of benzene rings is 1. The maximum Gasteiger partial charge on any atom is 0.379 e. The molecule has 1 heterocycles. The van der Waals surface area contributed by atoms with Crippen molar-refractivity contribution in [3.05, 3.63) is 48.4 Å². The molecule has 2 rings (SSSR count). The van der Waals surface area contributed by atoms with Crippen molar-refractivity contribution in [3.8, 4) is 0 Å².